The summed E-state index contributed by atoms with van der Waals surface area (Å²) in [7, 11) is -3.66. The number of rotatable bonds is 4. The standard InChI is InChI=1S/C18H29N3O3S.ClH/c1-12-15(20-17(22)13-7-5-8-14(19)11-13)9-6-10-16(12)25(23,24)21-18(2,3)4;/h6,9-10,13-14,21H,5,7-8,11,19H2,1-4H3,(H,20,22);1H. The van der Waals surface area contributed by atoms with Crippen molar-refractivity contribution in [3.05, 3.63) is 23.8 Å². The van der Waals surface area contributed by atoms with Crippen LogP contribution in [0.4, 0.5) is 5.69 Å². The Labute approximate surface area is 162 Å². The molecule has 1 aliphatic carbocycles. The Morgan fingerprint density at radius 2 is 1.88 bits per heavy atom. The molecule has 0 spiro atoms. The van der Waals surface area contributed by atoms with Crippen LogP contribution < -0.4 is 15.8 Å². The van der Waals surface area contributed by atoms with Crippen molar-refractivity contribution in [2.24, 2.45) is 11.7 Å². The van der Waals surface area contributed by atoms with Gasteiger partial charge in [-0.15, -0.1) is 12.4 Å². The number of nitrogens with two attached hydrogens (primary N) is 1. The molecule has 1 fully saturated rings. The minimum atomic E-state index is -3.66. The molecule has 1 saturated carbocycles. The number of benzene rings is 1. The summed E-state index contributed by atoms with van der Waals surface area (Å²) in [5, 5.41) is 2.89. The van der Waals surface area contributed by atoms with Crippen LogP contribution in [0.25, 0.3) is 0 Å². The number of anilines is 1. The average molecular weight is 404 g/mol. The molecule has 0 aliphatic heterocycles. The fraction of sp³-hybridized carbons (Fsp3) is 0.611. The highest BCUT2D eigenvalue weighted by molar-refractivity contribution is 7.89. The molecule has 2 atom stereocenters. The molecular weight excluding hydrogens is 374 g/mol. The molecule has 148 valence electrons. The Kier molecular flexibility index (Phi) is 7.65. The lowest BCUT2D eigenvalue weighted by Gasteiger charge is -2.26. The molecule has 0 aromatic heterocycles. The van der Waals surface area contributed by atoms with Crippen molar-refractivity contribution in [1.82, 2.24) is 4.72 Å². The van der Waals surface area contributed by atoms with E-state index in [1.807, 2.05) is 0 Å². The number of carbonyl (C=O) groups is 1. The molecule has 1 aromatic carbocycles. The van der Waals surface area contributed by atoms with Gasteiger partial charge in [-0.3, -0.25) is 4.79 Å². The van der Waals surface area contributed by atoms with Crippen molar-refractivity contribution in [3.8, 4) is 0 Å². The zero-order chi connectivity index (χ0) is 18.8. The van der Waals surface area contributed by atoms with Gasteiger partial charge in [-0.05, 0) is 64.7 Å². The summed E-state index contributed by atoms with van der Waals surface area (Å²) in [5.74, 6) is -0.201. The van der Waals surface area contributed by atoms with Gasteiger partial charge in [-0.25, -0.2) is 13.1 Å². The number of sulfonamides is 1. The van der Waals surface area contributed by atoms with E-state index in [-0.39, 0.29) is 35.2 Å². The largest absolute Gasteiger partial charge is 0.328 e. The number of carbonyl (C=O) groups excluding carboxylic acids is 1. The van der Waals surface area contributed by atoms with Crippen molar-refractivity contribution < 1.29 is 13.2 Å². The van der Waals surface area contributed by atoms with E-state index < -0.39 is 15.6 Å². The van der Waals surface area contributed by atoms with E-state index in [0.717, 1.165) is 19.3 Å². The molecule has 0 radical (unpaired) electrons. The topological polar surface area (TPSA) is 101 Å². The van der Waals surface area contributed by atoms with Crippen molar-refractivity contribution in [3.63, 3.8) is 0 Å². The van der Waals surface area contributed by atoms with E-state index in [4.69, 9.17) is 5.73 Å². The predicted molar refractivity (Wildman–Crippen MR) is 107 cm³/mol. The first-order valence-corrected chi connectivity index (χ1v) is 10.2. The SMILES string of the molecule is Cc1c(NC(=O)C2CCCC(N)C2)cccc1S(=O)(=O)NC(C)(C)C.Cl. The number of hydrogen-bond donors (Lipinski definition) is 3. The van der Waals surface area contributed by atoms with E-state index in [1.54, 1.807) is 45.9 Å². The van der Waals surface area contributed by atoms with Gasteiger partial charge in [0.1, 0.15) is 0 Å². The predicted octanol–water partition coefficient (Wildman–Crippen LogP) is 2.95. The maximum atomic E-state index is 12.6. The van der Waals surface area contributed by atoms with Crippen LogP contribution in [-0.4, -0.2) is 25.9 Å². The Balaban J connectivity index is 0.00000338. The van der Waals surface area contributed by atoms with E-state index in [2.05, 4.69) is 10.0 Å². The number of nitrogens with one attached hydrogen (secondary N) is 2. The van der Waals surface area contributed by atoms with Gasteiger partial charge < -0.3 is 11.1 Å². The zero-order valence-electron chi connectivity index (χ0n) is 15.8. The van der Waals surface area contributed by atoms with E-state index in [1.165, 1.54) is 0 Å². The fourth-order valence-corrected chi connectivity index (χ4v) is 4.89. The quantitative estimate of drug-likeness (QED) is 0.719. The molecule has 2 rings (SSSR count). The molecule has 4 N–H and O–H groups in total. The normalized spacial score (nSPS) is 21.0. The summed E-state index contributed by atoms with van der Waals surface area (Å²) in [6.07, 6.45) is 3.40. The summed E-state index contributed by atoms with van der Waals surface area (Å²) in [4.78, 5) is 12.7. The van der Waals surface area contributed by atoms with Crippen molar-refractivity contribution in [2.75, 3.05) is 5.32 Å². The lowest BCUT2D eigenvalue weighted by atomic mass is 9.85. The van der Waals surface area contributed by atoms with Crippen LogP contribution in [0.15, 0.2) is 23.1 Å². The van der Waals surface area contributed by atoms with Crippen molar-refractivity contribution in [2.45, 2.75) is 69.9 Å². The van der Waals surface area contributed by atoms with Crippen LogP contribution in [0.5, 0.6) is 0 Å². The molecule has 1 amide bonds. The lowest BCUT2D eigenvalue weighted by molar-refractivity contribution is -0.120. The summed E-state index contributed by atoms with van der Waals surface area (Å²) in [6, 6.07) is 4.99. The fourth-order valence-electron chi connectivity index (χ4n) is 3.20. The summed E-state index contributed by atoms with van der Waals surface area (Å²) in [6.45, 7) is 7.08. The van der Waals surface area contributed by atoms with Crippen molar-refractivity contribution in [1.29, 1.82) is 0 Å². The minimum Gasteiger partial charge on any atom is -0.328 e. The first-order valence-electron chi connectivity index (χ1n) is 8.69. The zero-order valence-corrected chi connectivity index (χ0v) is 17.5. The average Bonchev–Trinajstić information content (AvgIpc) is 2.46. The lowest BCUT2D eigenvalue weighted by Crippen LogP contribution is -2.40. The second kappa shape index (κ2) is 8.69. The van der Waals surface area contributed by atoms with Gasteiger partial charge in [0.15, 0.2) is 0 Å². The molecule has 0 bridgehead atoms. The number of amides is 1. The Morgan fingerprint density at radius 1 is 1.23 bits per heavy atom. The summed E-state index contributed by atoms with van der Waals surface area (Å²) < 4.78 is 27.9. The van der Waals surface area contributed by atoms with Crippen molar-refractivity contribution >= 4 is 34.0 Å². The third-order valence-corrected chi connectivity index (χ3v) is 6.26. The second-order valence-electron chi connectivity index (χ2n) is 7.90. The van der Waals surface area contributed by atoms with Gasteiger partial charge in [-0.1, -0.05) is 12.5 Å². The van der Waals surface area contributed by atoms with Crippen LogP contribution in [0.1, 0.15) is 52.0 Å². The van der Waals surface area contributed by atoms with Crippen LogP contribution in [0.3, 0.4) is 0 Å². The van der Waals surface area contributed by atoms with Gasteiger partial charge in [0.2, 0.25) is 15.9 Å². The van der Waals surface area contributed by atoms with Gasteiger partial charge in [0.25, 0.3) is 0 Å². The van der Waals surface area contributed by atoms with E-state index in [0.29, 0.717) is 17.7 Å². The van der Waals surface area contributed by atoms with E-state index >= 15 is 0 Å². The highest BCUT2D eigenvalue weighted by Gasteiger charge is 2.27. The third-order valence-electron chi connectivity index (χ3n) is 4.36. The molecular formula is C18H30ClN3O3S. The first-order chi connectivity index (χ1) is 11.5. The molecule has 2 unspecified atom stereocenters. The molecule has 0 saturated heterocycles. The number of hydrogen-bond acceptors (Lipinski definition) is 4. The molecule has 6 nitrogen and oxygen atoms in total. The molecule has 1 aliphatic rings. The third kappa shape index (κ3) is 5.94. The maximum Gasteiger partial charge on any atom is 0.241 e. The molecule has 1 aromatic rings. The molecule has 0 heterocycles. The van der Waals surface area contributed by atoms with Gasteiger partial charge in [0, 0.05) is 23.2 Å². The Morgan fingerprint density at radius 3 is 2.46 bits per heavy atom. The first kappa shape index (κ1) is 22.9. The maximum absolute atomic E-state index is 12.6. The highest BCUT2D eigenvalue weighted by atomic mass is 35.5. The van der Waals surface area contributed by atoms with Crippen LogP contribution in [-0.2, 0) is 14.8 Å². The van der Waals surface area contributed by atoms with Gasteiger partial charge >= 0.3 is 0 Å². The van der Waals surface area contributed by atoms with E-state index in [9.17, 15) is 13.2 Å². The van der Waals surface area contributed by atoms with Crippen LogP contribution in [0.2, 0.25) is 0 Å². The minimum absolute atomic E-state index is 0. The second-order valence-corrected chi connectivity index (χ2v) is 9.55. The van der Waals surface area contributed by atoms with Crippen LogP contribution >= 0.6 is 12.4 Å². The van der Waals surface area contributed by atoms with Gasteiger partial charge in [-0.2, -0.15) is 0 Å². The van der Waals surface area contributed by atoms with Crippen LogP contribution in [0, 0.1) is 12.8 Å². The Hall–Kier alpha value is -1.15. The summed E-state index contributed by atoms with van der Waals surface area (Å²) in [5.41, 5.74) is 6.44. The van der Waals surface area contributed by atoms with Gasteiger partial charge in [0.05, 0.1) is 4.90 Å². The molecule has 8 heteroatoms. The highest BCUT2D eigenvalue weighted by Crippen LogP contribution is 2.27. The Bertz CT molecular complexity index is 745. The molecule has 26 heavy (non-hydrogen) atoms. The summed E-state index contributed by atoms with van der Waals surface area (Å²) >= 11 is 0. The monoisotopic (exact) mass is 403 g/mol. The smallest absolute Gasteiger partial charge is 0.241 e. The number of halogens is 1.